The van der Waals surface area contributed by atoms with E-state index in [4.69, 9.17) is 9.47 Å². The number of hydrogen-bond acceptors (Lipinski definition) is 10. The lowest BCUT2D eigenvalue weighted by Crippen LogP contribution is -2.68. The Hall–Kier alpha value is -3.02. The van der Waals surface area contributed by atoms with Gasteiger partial charge in [0.1, 0.15) is 35.1 Å². The molecule has 10 nitrogen and oxygen atoms in total. The summed E-state index contributed by atoms with van der Waals surface area (Å²) in [6, 6.07) is 1.98. The van der Waals surface area contributed by atoms with Crippen LogP contribution in [0.3, 0.4) is 0 Å². The first-order chi connectivity index (χ1) is 17.3. The van der Waals surface area contributed by atoms with E-state index in [1.54, 1.807) is 32.8 Å². The Labute approximate surface area is 212 Å². The monoisotopic (exact) mass is 511 g/mol. The van der Waals surface area contributed by atoms with Crippen LogP contribution in [0.5, 0.6) is 17.2 Å². The normalized spacial score (nSPS) is 33.8. The maximum atomic E-state index is 13.9. The van der Waals surface area contributed by atoms with Crippen molar-refractivity contribution in [1.29, 1.82) is 0 Å². The summed E-state index contributed by atoms with van der Waals surface area (Å²) < 4.78 is 11.9. The van der Waals surface area contributed by atoms with Crippen molar-refractivity contribution in [3.63, 3.8) is 0 Å². The summed E-state index contributed by atoms with van der Waals surface area (Å²) in [4.78, 5) is 29.3. The SMILES string of the molecule is CN(C)[C@@H]1[C@@H](O)C2Oc3c(cc(O)c4c3C(=O)c3cc5c(c(O)c3C4=O)CC[C@@](C)(O)C5)[C@](C)(O2)[C@H]1O. The third-order valence-corrected chi connectivity index (χ3v) is 8.41. The number of aromatic hydroxyl groups is 2. The average Bonchev–Trinajstić information content (AvgIpc) is 2.80. The van der Waals surface area contributed by atoms with Crippen molar-refractivity contribution in [2.75, 3.05) is 14.1 Å². The zero-order valence-electron chi connectivity index (χ0n) is 20.9. The number of ketones is 2. The summed E-state index contributed by atoms with van der Waals surface area (Å²) in [5.74, 6) is -2.28. The van der Waals surface area contributed by atoms with Gasteiger partial charge in [-0.1, -0.05) is 0 Å². The van der Waals surface area contributed by atoms with E-state index in [1.165, 1.54) is 12.1 Å². The van der Waals surface area contributed by atoms with Crippen LogP contribution in [0.4, 0.5) is 0 Å². The van der Waals surface area contributed by atoms with Gasteiger partial charge in [-0.3, -0.25) is 9.59 Å². The summed E-state index contributed by atoms with van der Waals surface area (Å²) in [7, 11) is 3.38. The van der Waals surface area contributed by atoms with Crippen molar-refractivity contribution < 1.29 is 44.6 Å². The summed E-state index contributed by atoms with van der Waals surface area (Å²) in [5, 5.41) is 54.8. The molecule has 0 amide bonds. The third kappa shape index (κ3) is 3.10. The van der Waals surface area contributed by atoms with Gasteiger partial charge in [-0.25, -0.2) is 0 Å². The number of ether oxygens (including phenoxy) is 2. The number of carbonyl (C=O) groups excluding carboxylic acids is 2. The second-order valence-electron chi connectivity index (χ2n) is 11.2. The van der Waals surface area contributed by atoms with Crippen LogP contribution in [0.15, 0.2) is 12.1 Å². The Balaban J connectivity index is 1.57. The van der Waals surface area contributed by atoms with Gasteiger partial charge in [-0.2, -0.15) is 0 Å². The number of phenols is 2. The predicted molar refractivity (Wildman–Crippen MR) is 128 cm³/mol. The van der Waals surface area contributed by atoms with Crippen molar-refractivity contribution in [2.24, 2.45) is 0 Å². The van der Waals surface area contributed by atoms with Crippen molar-refractivity contribution in [1.82, 2.24) is 4.90 Å². The fourth-order valence-electron chi connectivity index (χ4n) is 6.43. The number of benzene rings is 2. The molecule has 6 rings (SSSR count). The van der Waals surface area contributed by atoms with Crippen LogP contribution in [-0.4, -0.2) is 86.2 Å². The molecule has 2 aliphatic heterocycles. The summed E-state index contributed by atoms with van der Waals surface area (Å²) in [6.07, 6.45) is -2.89. The number of hydrogen-bond donors (Lipinski definition) is 5. The van der Waals surface area contributed by atoms with Crippen LogP contribution in [0.2, 0.25) is 0 Å². The van der Waals surface area contributed by atoms with Crippen molar-refractivity contribution in [2.45, 2.75) is 68.9 Å². The maximum Gasteiger partial charge on any atom is 0.228 e. The molecule has 2 aromatic carbocycles. The zero-order valence-corrected chi connectivity index (χ0v) is 20.9. The van der Waals surface area contributed by atoms with Gasteiger partial charge in [0.15, 0.2) is 5.78 Å². The van der Waals surface area contributed by atoms with Gasteiger partial charge in [0.2, 0.25) is 12.1 Å². The van der Waals surface area contributed by atoms with Gasteiger partial charge in [-0.05, 0) is 64.0 Å². The Morgan fingerprint density at radius 2 is 1.73 bits per heavy atom. The number of rotatable bonds is 1. The molecule has 2 bridgehead atoms. The van der Waals surface area contributed by atoms with Gasteiger partial charge >= 0.3 is 0 Å². The van der Waals surface area contributed by atoms with Gasteiger partial charge in [0.25, 0.3) is 0 Å². The standard InChI is InChI=1S/C27H29NO9/c1-26(35)6-5-11-10(9-26)7-12-15(19(11)30)21(32)16-14(29)8-13-23(17(16)20(12)31)36-25-22(33)18(28(3)4)24(34)27(13,2)37-25/h7-8,18,22,24-25,29-30,33-35H,5-6,9H2,1-4H3/t18-,22-,24+,25?,26-,27+/m1/s1. The Bertz CT molecular complexity index is 1400. The molecular weight excluding hydrogens is 482 g/mol. The molecule has 0 radical (unpaired) electrons. The molecule has 5 N–H and O–H groups in total. The van der Waals surface area contributed by atoms with Crippen LogP contribution in [0.1, 0.15) is 68.8 Å². The Morgan fingerprint density at radius 1 is 1.03 bits per heavy atom. The number of fused-ring (bicyclic) bond motifs is 8. The predicted octanol–water partition coefficient (Wildman–Crippen LogP) is 0.729. The van der Waals surface area contributed by atoms with E-state index in [-0.39, 0.29) is 45.7 Å². The van der Waals surface area contributed by atoms with Crippen LogP contribution in [0, 0.1) is 0 Å². The third-order valence-electron chi connectivity index (χ3n) is 8.41. The van der Waals surface area contributed by atoms with Gasteiger partial charge in [0.05, 0.1) is 28.3 Å². The van der Waals surface area contributed by atoms with Crippen molar-refractivity contribution in [3.8, 4) is 17.2 Å². The van der Waals surface area contributed by atoms with E-state index in [2.05, 4.69) is 0 Å². The van der Waals surface area contributed by atoms with E-state index in [9.17, 15) is 35.1 Å². The highest BCUT2D eigenvalue weighted by atomic mass is 16.7. The smallest absolute Gasteiger partial charge is 0.228 e. The highest BCUT2D eigenvalue weighted by Gasteiger charge is 2.59. The summed E-state index contributed by atoms with van der Waals surface area (Å²) in [5.41, 5.74) is -2.04. The van der Waals surface area contributed by atoms with Gasteiger partial charge < -0.3 is 39.9 Å². The van der Waals surface area contributed by atoms with Crippen molar-refractivity contribution in [3.05, 3.63) is 51.1 Å². The number of likely N-dealkylation sites (N-methyl/N-ethyl adjacent to an activating group) is 1. The topological polar surface area (TPSA) is 157 Å². The minimum Gasteiger partial charge on any atom is -0.507 e. The molecule has 196 valence electrons. The first kappa shape index (κ1) is 24.3. The quantitative estimate of drug-likeness (QED) is 0.315. The van der Waals surface area contributed by atoms with Crippen LogP contribution >= 0.6 is 0 Å². The second kappa shape index (κ2) is 7.52. The lowest BCUT2D eigenvalue weighted by molar-refractivity contribution is -0.311. The molecule has 1 saturated heterocycles. The lowest BCUT2D eigenvalue weighted by Gasteiger charge is -2.53. The van der Waals surface area contributed by atoms with Gasteiger partial charge in [-0.15, -0.1) is 0 Å². The number of phenolic OH excluding ortho intramolecular Hbond substituents is 2. The molecule has 0 aromatic heterocycles. The highest BCUT2D eigenvalue weighted by Crippen LogP contribution is 2.53. The molecule has 1 unspecified atom stereocenters. The molecule has 2 heterocycles. The minimum absolute atomic E-state index is 0.0584. The molecule has 2 aliphatic carbocycles. The largest absolute Gasteiger partial charge is 0.507 e. The van der Waals surface area contributed by atoms with E-state index >= 15 is 0 Å². The van der Waals surface area contributed by atoms with Crippen LogP contribution in [-0.2, 0) is 23.2 Å². The number of nitrogens with zero attached hydrogens (tertiary/aromatic N) is 1. The second-order valence-corrected chi connectivity index (χ2v) is 11.2. The number of aliphatic hydroxyl groups excluding tert-OH is 2. The molecular formula is C27H29NO9. The highest BCUT2D eigenvalue weighted by molar-refractivity contribution is 6.31. The fraction of sp³-hybridized carbons (Fsp3) is 0.481. The first-order valence-corrected chi connectivity index (χ1v) is 12.2. The summed E-state index contributed by atoms with van der Waals surface area (Å²) >= 11 is 0. The van der Waals surface area contributed by atoms with E-state index in [0.717, 1.165) is 0 Å². The average molecular weight is 512 g/mol. The first-order valence-electron chi connectivity index (χ1n) is 12.2. The van der Waals surface area contributed by atoms with Crippen molar-refractivity contribution >= 4 is 11.6 Å². The molecule has 10 heteroatoms. The molecule has 6 atom stereocenters. The molecule has 2 aromatic rings. The fourth-order valence-corrected chi connectivity index (χ4v) is 6.43. The minimum atomic E-state index is -1.47. The molecule has 1 fully saturated rings. The molecule has 0 saturated carbocycles. The number of carbonyl (C=O) groups is 2. The van der Waals surface area contributed by atoms with Crippen LogP contribution in [0.25, 0.3) is 0 Å². The van der Waals surface area contributed by atoms with E-state index in [0.29, 0.717) is 24.0 Å². The number of aliphatic hydroxyl groups is 3. The van der Waals surface area contributed by atoms with E-state index in [1.807, 2.05) is 0 Å². The Kier molecular flexibility index (Phi) is 4.94. The zero-order chi connectivity index (χ0) is 26.8. The van der Waals surface area contributed by atoms with E-state index < -0.39 is 53.1 Å². The summed E-state index contributed by atoms with van der Waals surface area (Å²) in [6.45, 7) is 3.25. The molecule has 37 heavy (non-hydrogen) atoms. The van der Waals surface area contributed by atoms with Gasteiger partial charge in [0, 0.05) is 17.5 Å². The Morgan fingerprint density at radius 3 is 2.41 bits per heavy atom. The molecule has 4 aliphatic rings. The lowest BCUT2D eigenvalue weighted by atomic mass is 9.73. The maximum absolute atomic E-state index is 13.9. The van der Waals surface area contributed by atoms with Crippen LogP contribution < -0.4 is 4.74 Å². The molecule has 0 spiro atoms.